The van der Waals surface area contributed by atoms with Crippen LogP contribution >= 0.6 is 0 Å². The maximum atomic E-state index is 12.8. The molecule has 0 aliphatic heterocycles. The standard InChI is InChI=1S/C21H33NO5/c1-6-7-8-13-22(15-16(2)21(24)27-5)20(23)12-10-17-9-11-18(25-3)19(14-17)26-4/h9,11,14,16H,6-8,10,12-13,15H2,1-5H3. The molecule has 0 aromatic heterocycles. The summed E-state index contributed by atoms with van der Waals surface area (Å²) >= 11 is 0. The number of methoxy groups -OCH3 is 3. The molecule has 0 spiro atoms. The van der Waals surface area contributed by atoms with E-state index in [9.17, 15) is 9.59 Å². The van der Waals surface area contributed by atoms with Crippen molar-refractivity contribution in [2.45, 2.75) is 46.0 Å². The molecule has 1 rings (SSSR count). The number of amides is 1. The smallest absolute Gasteiger partial charge is 0.310 e. The Bertz CT molecular complexity index is 602. The zero-order valence-electron chi connectivity index (χ0n) is 17.2. The molecule has 0 saturated heterocycles. The fourth-order valence-corrected chi connectivity index (χ4v) is 2.92. The molecule has 0 saturated carbocycles. The van der Waals surface area contributed by atoms with E-state index in [1.165, 1.54) is 7.11 Å². The van der Waals surface area contributed by atoms with Crippen LogP contribution in [0.3, 0.4) is 0 Å². The van der Waals surface area contributed by atoms with Gasteiger partial charge in [-0.1, -0.05) is 32.8 Å². The molecule has 1 aromatic rings. The van der Waals surface area contributed by atoms with Crippen molar-refractivity contribution >= 4 is 11.9 Å². The van der Waals surface area contributed by atoms with Gasteiger partial charge in [0.15, 0.2) is 11.5 Å². The molecular formula is C21H33NO5. The van der Waals surface area contributed by atoms with Gasteiger partial charge in [0.1, 0.15) is 0 Å². The molecule has 0 bridgehead atoms. The van der Waals surface area contributed by atoms with Gasteiger partial charge in [-0.2, -0.15) is 0 Å². The minimum Gasteiger partial charge on any atom is -0.493 e. The van der Waals surface area contributed by atoms with Gasteiger partial charge in [-0.15, -0.1) is 0 Å². The average Bonchev–Trinajstić information content (AvgIpc) is 2.70. The summed E-state index contributed by atoms with van der Waals surface area (Å²) in [5, 5.41) is 0. The second-order valence-corrected chi connectivity index (χ2v) is 6.66. The highest BCUT2D eigenvalue weighted by atomic mass is 16.5. The average molecular weight is 379 g/mol. The van der Waals surface area contributed by atoms with E-state index >= 15 is 0 Å². The van der Waals surface area contributed by atoms with Crippen molar-refractivity contribution in [1.29, 1.82) is 0 Å². The minimum atomic E-state index is -0.332. The SMILES string of the molecule is CCCCCN(CC(C)C(=O)OC)C(=O)CCc1ccc(OC)c(OC)c1. The zero-order chi connectivity index (χ0) is 20.2. The molecule has 0 radical (unpaired) electrons. The maximum absolute atomic E-state index is 12.8. The third kappa shape index (κ3) is 7.49. The molecule has 1 aromatic carbocycles. The summed E-state index contributed by atoms with van der Waals surface area (Å²) in [6.45, 7) is 4.97. The molecule has 1 amide bonds. The summed E-state index contributed by atoms with van der Waals surface area (Å²) < 4.78 is 15.4. The molecule has 1 unspecified atom stereocenters. The molecule has 27 heavy (non-hydrogen) atoms. The van der Waals surface area contributed by atoms with E-state index < -0.39 is 0 Å². The van der Waals surface area contributed by atoms with Gasteiger partial charge in [-0.25, -0.2) is 0 Å². The Morgan fingerprint density at radius 1 is 1.07 bits per heavy atom. The fourth-order valence-electron chi connectivity index (χ4n) is 2.92. The molecule has 0 N–H and O–H groups in total. The number of aryl methyl sites for hydroxylation is 1. The Labute approximate surface area is 162 Å². The second-order valence-electron chi connectivity index (χ2n) is 6.66. The monoisotopic (exact) mass is 379 g/mol. The lowest BCUT2D eigenvalue weighted by molar-refractivity contribution is -0.146. The third-order valence-corrected chi connectivity index (χ3v) is 4.56. The largest absolute Gasteiger partial charge is 0.493 e. The van der Waals surface area contributed by atoms with Gasteiger partial charge in [0.05, 0.1) is 27.2 Å². The number of unbranched alkanes of at least 4 members (excludes halogenated alkanes) is 2. The highest BCUT2D eigenvalue weighted by Crippen LogP contribution is 2.28. The lowest BCUT2D eigenvalue weighted by atomic mass is 10.1. The summed E-state index contributed by atoms with van der Waals surface area (Å²) in [4.78, 5) is 26.3. The van der Waals surface area contributed by atoms with E-state index in [1.807, 2.05) is 18.2 Å². The van der Waals surface area contributed by atoms with Crippen LogP contribution in [-0.2, 0) is 20.7 Å². The van der Waals surface area contributed by atoms with Gasteiger partial charge in [-0.3, -0.25) is 9.59 Å². The van der Waals surface area contributed by atoms with Crippen molar-refractivity contribution < 1.29 is 23.8 Å². The minimum absolute atomic E-state index is 0.0524. The number of nitrogens with zero attached hydrogens (tertiary/aromatic N) is 1. The molecule has 1 atom stereocenters. The number of benzene rings is 1. The van der Waals surface area contributed by atoms with Crippen LogP contribution in [0.4, 0.5) is 0 Å². The van der Waals surface area contributed by atoms with Crippen LogP contribution in [0.1, 0.15) is 45.1 Å². The quantitative estimate of drug-likeness (QED) is 0.411. The molecule has 152 valence electrons. The number of ether oxygens (including phenoxy) is 3. The van der Waals surface area contributed by atoms with Crippen LogP contribution in [0.15, 0.2) is 18.2 Å². The molecule has 0 heterocycles. The van der Waals surface area contributed by atoms with E-state index in [-0.39, 0.29) is 17.8 Å². The Kier molecular flexibility index (Phi) is 10.3. The Morgan fingerprint density at radius 3 is 2.37 bits per heavy atom. The normalized spacial score (nSPS) is 11.6. The summed E-state index contributed by atoms with van der Waals surface area (Å²) in [6.07, 6.45) is 4.07. The summed E-state index contributed by atoms with van der Waals surface area (Å²) in [6, 6.07) is 5.68. The lowest BCUT2D eigenvalue weighted by Crippen LogP contribution is -2.38. The van der Waals surface area contributed by atoms with Gasteiger partial charge in [0.25, 0.3) is 0 Å². The molecule has 0 fully saturated rings. The highest BCUT2D eigenvalue weighted by Gasteiger charge is 2.21. The van der Waals surface area contributed by atoms with Crippen LogP contribution in [0.25, 0.3) is 0 Å². The molecular weight excluding hydrogens is 346 g/mol. The maximum Gasteiger partial charge on any atom is 0.310 e. The van der Waals surface area contributed by atoms with E-state index in [1.54, 1.807) is 26.0 Å². The van der Waals surface area contributed by atoms with E-state index in [2.05, 4.69) is 6.92 Å². The predicted molar refractivity (Wildman–Crippen MR) is 105 cm³/mol. The first-order chi connectivity index (χ1) is 13.0. The fraction of sp³-hybridized carbons (Fsp3) is 0.619. The number of carbonyl (C=O) groups excluding carboxylic acids is 2. The van der Waals surface area contributed by atoms with Gasteiger partial charge in [0.2, 0.25) is 5.91 Å². The van der Waals surface area contributed by atoms with Crippen molar-refractivity contribution in [2.24, 2.45) is 5.92 Å². The van der Waals surface area contributed by atoms with Crippen LogP contribution in [-0.4, -0.2) is 51.2 Å². The van der Waals surface area contributed by atoms with Gasteiger partial charge in [-0.05, 0) is 30.5 Å². The topological polar surface area (TPSA) is 65.1 Å². The molecule has 0 aliphatic rings. The number of esters is 1. The van der Waals surface area contributed by atoms with Crippen LogP contribution in [0.5, 0.6) is 11.5 Å². The Morgan fingerprint density at radius 2 is 1.78 bits per heavy atom. The summed E-state index contributed by atoms with van der Waals surface area (Å²) in [7, 11) is 4.56. The third-order valence-electron chi connectivity index (χ3n) is 4.56. The highest BCUT2D eigenvalue weighted by molar-refractivity contribution is 5.78. The zero-order valence-corrected chi connectivity index (χ0v) is 17.2. The predicted octanol–water partition coefficient (Wildman–Crippen LogP) is 3.46. The first-order valence-electron chi connectivity index (χ1n) is 9.53. The van der Waals surface area contributed by atoms with Crippen LogP contribution < -0.4 is 9.47 Å². The van der Waals surface area contributed by atoms with E-state index in [0.29, 0.717) is 37.4 Å². The van der Waals surface area contributed by atoms with Crippen LogP contribution in [0, 0.1) is 5.92 Å². The van der Waals surface area contributed by atoms with E-state index in [0.717, 1.165) is 24.8 Å². The number of hydrogen-bond acceptors (Lipinski definition) is 5. The van der Waals surface area contributed by atoms with Crippen molar-refractivity contribution in [3.63, 3.8) is 0 Å². The van der Waals surface area contributed by atoms with Gasteiger partial charge in [0, 0.05) is 19.5 Å². The molecule has 0 aliphatic carbocycles. The van der Waals surface area contributed by atoms with E-state index in [4.69, 9.17) is 14.2 Å². The van der Waals surface area contributed by atoms with Crippen molar-refractivity contribution in [2.75, 3.05) is 34.4 Å². The summed E-state index contributed by atoms with van der Waals surface area (Å²) in [5.41, 5.74) is 1.01. The number of carbonyl (C=O) groups is 2. The first kappa shape index (κ1) is 22.8. The van der Waals surface area contributed by atoms with Crippen molar-refractivity contribution in [3.05, 3.63) is 23.8 Å². The lowest BCUT2D eigenvalue weighted by Gasteiger charge is -2.25. The summed E-state index contributed by atoms with van der Waals surface area (Å²) in [5.74, 6) is 0.753. The second kappa shape index (κ2) is 12.2. The van der Waals surface area contributed by atoms with Crippen molar-refractivity contribution in [3.8, 4) is 11.5 Å². The number of hydrogen-bond donors (Lipinski definition) is 0. The first-order valence-corrected chi connectivity index (χ1v) is 9.53. The van der Waals surface area contributed by atoms with Crippen LogP contribution in [0.2, 0.25) is 0 Å². The van der Waals surface area contributed by atoms with Gasteiger partial charge >= 0.3 is 5.97 Å². The molecule has 6 heteroatoms. The Balaban J connectivity index is 2.72. The molecule has 6 nitrogen and oxygen atoms in total. The van der Waals surface area contributed by atoms with Gasteiger partial charge < -0.3 is 19.1 Å². The number of rotatable bonds is 12. The Hall–Kier alpha value is -2.24. The van der Waals surface area contributed by atoms with Crippen molar-refractivity contribution in [1.82, 2.24) is 4.90 Å².